The van der Waals surface area contributed by atoms with Gasteiger partial charge in [-0.2, -0.15) is 5.26 Å². The summed E-state index contributed by atoms with van der Waals surface area (Å²) in [7, 11) is -3.45. The average Bonchev–Trinajstić information content (AvgIpc) is 3.50. The molecule has 0 bridgehead atoms. The van der Waals surface area contributed by atoms with Crippen LogP contribution in [0.15, 0.2) is 36.5 Å². The molecular weight excluding hydrogens is 424 g/mol. The molecule has 32 heavy (non-hydrogen) atoms. The van der Waals surface area contributed by atoms with Crippen LogP contribution >= 0.6 is 0 Å². The van der Waals surface area contributed by atoms with Gasteiger partial charge in [0.25, 0.3) is 0 Å². The first-order chi connectivity index (χ1) is 15.2. The monoisotopic (exact) mass is 452 g/mol. The number of pyridine rings is 1. The summed E-state index contributed by atoms with van der Waals surface area (Å²) in [6, 6.07) is 11.6. The van der Waals surface area contributed by atoms with Gasteiger partial charge in [0.05, 0.1) is 45.7 Å². The highest BCUT2D eigenvalue weighted by Crippen LogP contribution is 2.39. The fourth-order valence-electron chi connectivity index (χ4n) is 3.68. The first-order valence-electron chi connectivity index (χ1n) is 10.9. The number of sulfonamides is 1. The third-order valence-corrected chi connectivity index (χ3v) is 7.31. The van der Waals surface area contributed by atoms with Crippen LogP contribution in [0.25, 0.3) is 22.3 Å². The molecule has 7 nitrogen and oxygen atoms in total. The number of fused-ring (bicyclic) bond motifs is 1. The molecule has 0 radical (unpaired) electrons. The number of anilines is 1. The summed E-state index contributed by atoms with van der Waals surface area (Å²) >= 11 is 0. The summed E-state index contributed by atoms with van der Waals surface area (Å²) in [6.07, 6.45) is 3.90. The van der Waals surface area contributed by atoms with Gasteiger partial charge in [0.15, 0.2) is 0 Å². The van der Waals surface area contributed by atoms with Crippen LogP contribution in [0.4, 0.5) is 5.69 Å². The van der Waals surface area contributed by atoms with Crippen molar-refractivity contribution in [3.8, 4) is 23.2 Å². The van der Waals surface area contributed by atoms with E-state index in [0.29, 0.717) is 22.9 Å². The van der Waals surface area contributed by atoms with Crippen LogP contribution in [0, 0.1) is 17.2 Å². The van der Waals surface area contributed by atoms with E-state index in [1.165, 1.54) is 19.0 Å². The predicted octanol–water partition coefficient (Wildman–Crippen LogP) is 4.92. The van der Waals surface area contributed by atoms with Crippen molar-refractivity contribution in [2.45, 2.75) is 58.4 Å². The molecule has 0 unspecified atom stereocenters. The first-order valence-corrected chi connectivity index (χ1v) is 12.4. The van der Waals surface area contributed by atoms with Crippen molar-refractivity contribution in [2.75, 3.05) is 4.72 Å². The Morgan fingerprint density at radius 3 is 2.53 bits per heavy atom. The lowest BCUT2D eigenvalue weighted by Crippen LogP contribution is -2.22. The highest BCUT2D eigenvalue weighted by Gasteiger charge is 2.27. The second-order valence-corrected chi connectivity index (χ2v) is 11.1. The summed E-state index contributed by atoms with van der Waals surface area (Å²) in [5.74, 6) is 1.35. The van der Waals surface area contributed by atoms with Crippen molar-refractivity contribution in [2.24, 2.45) is 5.92 Å². The van der Waals surface area contributed by atoms with Gasteiger partial charge in [-0.25, -0.2) is 8.42 Å². The number of nitrogens with one attached hydrogen (secondary N) is 1. The molecule has 0 spiro atoms. The number of hydrogen-bond acceptors (Lipinski definition) is 5. The SMILES string of the molecule is CC(C)Oc1ccc2c(C#N)c(-c3ccc(NS(=O)(=O)C(C)C)cn3)n(CC3CC3)c2c1. The zero-order valence-electron chi connectivity index (χ0n) is 18.8. The minimum absolute atomic E-state index is 0.0537. The van der Waals surface area contributed by atoms with Crippen LogP contribution in [0.3, 0.4) is 0 Å². The Labute approximate surface area is 189 Å². The molecular formula is C24H28N4O3S. The molecule has 0 saturated heterocycles. The molecule has 8 heteroatoms. The molecule has 1 aromatic carbocycles. The Morgan fingerprint density at radius 1 is 1.22 bits per heavy atom. The van der Waals surface area contributed by atoms with E-state index in [0.717, 1.165) is 28.9 Å². The Hall–Kier alpha value is -3.05. The van der Waals surface area contributed by atoms with Crippen molar-refractivity contribution in [1.82, 2.24) is 9.55 Å². The largest absolute Gasteiger partial charge is 0.491 e. The Morgan fingerprint density at radius 2 is 1.97 bits per heavy atom. The lowest BCUT2D eigenvalue weighted by Gasteiger charge is -2.13. The van der Waals surface area contributed by atoms with Crippen molar-refractivity contribution in [1.29, 1.82) is 5.26 Å². The third-order valence-electron chi connectivity index (χ3n) is 5.54. The zero-order chi connectivity index (χ0) is 23.0. The van der Waals surface area contributed by atoms with Crippen LogP contribution in [0.1, 0.15) is 46.1 Å². The van der Waals surface area contributed by atoms with E-state index < -0.39 is 15.3 Å². The molecule has 0 atom stereocenters. The maximum Gasteiger partial charge on any atom is 0.235 e. The van der Waals surface area contributed by atoms with Gasteiger partial charge in [-0.1, -0.05) is 0 Å². The molecule has 1 fully saturated rings. The van der Waals surface area contributed by atoms with E-state index in [1.54, 1.807) is 26.0 Å². The molecule has 3 aromatic rings. The van der Waals surface area contributed by atoms with Gasteiger partial charge in [0, 0.05) is 18.0 Å². The molecule has 1 aliphatic carbocycles. The number of rotatable bonds is 8. The summed E-state index contributed by atoms with van der Waals surface area (Å²) in [5, 5.41) is 10.3. The molecule has 168 valence electrons. The predicted molar refractivity (Wildman–Crippen MR) is 126 cm³/mol. The molecule has 4 rings (SSSR count). The summed E-state index contributed by atoms with van der Waals surface area (Å²) < 4.78 is 34.9. The fraction of sp³-hybridized carbons (Fsp3) is 0.417. The number of nitriles is 1. The number of benzene rings is 1. The van der Waals surface area contributed by atoms with Crippen LogP contribution in [0.2, 0.25) is 0 Å². The van der Waals surface area contributed by atoms with Gasteiger partial charge in [-0.15, -0.1) is 0 Å². The second kappa shape index (κ2) is 8.47. The average molecular weight is 453 g/mol. The highest BCUT2D eigenvalue weighted by atomic mass is 32.2. The lowest BCUT2D eigenvalue weighted by molar-refractivity contribution is 0.242. The number of nitrogens with zero attached hydrogens (tertiary/aromatic N) is 3. The quantitative estimate of drug-likeness (QED) is 0.523. The van der Waals surface area contributed by atoms with Gasteiger partial charge in [-0.05, 0) is 70.7 Å². The first kappa shape index (κ1) is 22.2. The van der Waals surface area contributed by atoms with Gasteiger partial charge >= 0.3 is 0 Å². The van der Waals surface area contributed by atoms with Gasteiger partial charge in [0.2, 0.25) is 10.0 Å². The van der Waals surface area contributed by atoms with E-state index >= 15 is 0 Å². The second-order valence-electron chi connectivity index (χ2n) is 8.86. The number of hydrogen-bond donors (Lipinski definition) is 1. The van der Waals surface area contributed by atoms with Crippen molar-refractivity contribution in [3.05, 3.63) is 42.1 Å². The van der Waals surface area contributed by atoms with Gasteiger partial charge in [-0.3, -0.25) is 9.71 Å². The third kappa shape index (κ3) is 4.44. The van der Waals surface area contributed by atoms with Crippen LogP contribution in [-0.4, -0.2) is 29.3 Å². The van der Waals surface area contributed by atoms with Crippen molar-refractivity contribution in [3.63, 3.8) is 0 Å². The molecule has 0 aliphatic heterocycles. The van der Waals surface area contributed by atoms with E-state index in [4.69, 9.17) is 4.74 Å². The molecule has 2 heterocycles. The smallest absolute Gasteiger partial charge is 0.235 e. The van der Waals surface area contributed by atoms with E-state index in [9.17, 15) is 13.7 Å². The van der Waals surface area contributed by atoms with Crippen molar-refractivity contribution >= 4 is 26.6 Å². The maximum atomic E-state index is 12.2. The fourth-order valence-corrected chi connectivity index (χ4v) is 4.36. The molecule has 2 aromatic heterocycles. The van der Waals surface area contributed by atoms with Crippen LogP contribution in [0.5, 0.6) is 5.75 Å². The Kier molecular flexibility index (Phi) is 5.87. The Bertz CT molecular complexity index is 1280. The summed E-state index contributed by atoms with van der Waals surface area (Å²) in [6.45, 7) is 8.02. The standard InChI is InChI=1S/C24H28N4O3S/c1-15(2)31-19-8-9-20-21(12-25)24(28(23(20)11-19)14-17-5-6-17)22-10-7-18(13-26-22)27-32(29,30)16(3)4/h7-11,13,15-17,27H,5-6,14H2,1-4H3. The van der Waals surface area contributed by atoms with Crippen LogP contribution in [-0.2, 0) is 16.6 Å². The minimum Gasteiger partial charge on any atom is -0.491 e. The van der Waals surface area contributed by atoms with E-state index in [-0.39, 0.29) is 6.10 Å². The highest BCUT2D eigenvalue weighted by molar-refractivity contribution is 7.93. The Balaban J connectivity index is 1.81. The molecule has 1 aliphatic rings. The lowest BCUT2D eigenvalue weighted by atomic mass is 10.1. The van der Waals surface area contributed by atoms with Crippen molar-refractivity contribution < 1.29 is 13.2 Å². The summed E-state index contributed by atoms with van der Waals surface area (Å²) in [4.78, 5) is 4.53. The van der Waals surface area contributed by atoms with E-state index in [1.807, 2.05) is 32.0 Å². The molecule has 1 saturated carbocycles. The molecule has 1 N–H and O–H groups in total. The minimum atomic E-state index is -3.45. The van der Waals surface area contributed by atoms with Gasteiger partial charge in [0.1, 0.15) is 11.8 Å². The summed E-state index contributed by atoms with van der Waals surface area (Å²) in [5.41, 5.74) is 3.32. The van der Waals surface area contributed by atoms with Gasteiger partial charge < -0.3 is 9.30 Å². The number of ether oxygens (including phenoxy) is 1. The molecule has 0 amide bonds. The maximum absolute atomic E-state index is 12.2. The zero-order valence-corrected chi connectivity index (χ0v) is 19.6. The number of aromatic nitrogens is 2. The van der Waals surface area contributed by atoms with E-state index in [2.05, 4.69) is 20.3 Å². The topological polar surface area (TPSA) is 97.0 Å². The normalized spacial score (nSPS) is 14.2. The van der Waals surface area contributed by atoms with Crippen LogP contribution < -0.4 is 9.46 Å².